The molecule has 0 radical (unpaired) electrons. The normalized spacial score (nSPS) is 9.62. The Kier molecular flexibility index (Phi) is 16.4. The van der Waals surface area contributed by atoms with Crippen LogP contribution < -0.4 is 5.73 Å². The van der Waals surface area contributed by atoms with Crippen LogP contribution in [0.25, 0.3) is 20.8 Å². The molecule has 3 aromatic rings. The second kappa shape index (κ2) is 16.5. The van der Waals surface area contributed by atoms with Crippen molar-refractivity contribution in [3.63, 3.8) is 0 Å². The molecule has 0 spiro atoms. The molecule has 4 nitrogen and oxygen atoms in total. The fraction of sp³-hybridized carbons (Fsp3) is 0.417. The number of thiazole rings is 1. The van der Waals surface area contributed by atoms with Crippen molar-refractivity contribution in [2.45, 2.75) is 68.7 Å². The first-order valence-corrected chi connectivity index (χ1v) is 11.3. The van der Waals surface area contributed by atoms with Crippen molar-refractivity contribution in [2.75, 3.05) is 0 Å². The average molecular weight is 418 g/mol. The summed E-state index contributed by atoms with van der Waals surface area (Å²) in [5.74, 6) is -0.414. The minimum Gasteiger partial charge on any atom is -0.366 e. The van der Waals surface area contributed by atoms with Crippen LogP contribution in [-0.2, 0) is 0 Å². The summed E-state index contributed by atoms with van der Waals surface area (Å²) in [7, 11) is 0. The molecule has 2 aromatic heterocycles. The van der Waals surface area contributed by atoms with Crippen LogP contribution in [0.1, 0.15) is 84.8 Å². The third-order valence-corrected chi connectivity index (χ3v) is 4.17. The van der Waals surface area contributed by atoms with E-state index in [0.717, 1.165) is 26.4 Å². The van der Waals surface area contributed by atoms with Gasteiger partial charge in [-0.2, -0.15) is 0 Å². The van der Waals surface area contributed by atoms with Crippen LogP contribution in [0, 0.1) is 0 Å². The minimum absolute atomic E-state index is 0.414. The number of primary amides is 1. The zero-order valence-corrected chi connectivity index (χ0v) is 20.5. The molecule has 29 heavy (non-hydrogen) atoms. The summed E-state index contributed by atoms with van der Waals surface area (Å²) in [5.41, 5.74) is 8.84. The number of benzene rings is 1. The van der Waals surface area contributed by atoms with E-state index in [0.29, 0.717) is 5.56 Å². The molecule has 2 heterocycles. The molecule has 0 saturated carbocycles. The topological polar surface area (TPSA) is 60.4 Å². The van der Waals surface area contributed by atoms with Crippen LogP contribution in [0.15, 0.2) is 43.1 Å². The molecule has 2 N–H and O–H groups in total. The predicted molar refractivity (Wildman–Crippen MR) is 133 cm³/mol. The van der Waals surface area contributed by atoms with Gasteiger partial charge in [0.05, 0.1) is 15.9 Å². The molecule has 162 valence electrons. The lowest BCUT2D eigenvalue weighted by Gasteiger charge is -1.96. The van der Waals surface area contributed by atoms with Gasteiger partial charge < -0.3 is 5.73 Å². The van der Waals surface area contributed by atoms with Crippen molar-refractivity contribution in [3.05, 3.63) is 54.4 Å². The maximum Gasteiger partial charge on any atom is 0.248 e. The van der Waals surface area contributed by atoms with E-state index < -0.39 is 5.91 Å². The highest BCUT2D eigenvalue weighted by Gasteiger charge is 2.11. The molecule has 0 aliphatic rings. The molecule has 1 amide bonds. The van der Waals surface area contributed by atoms with E-state index in [9.17, 15) is 4.79 Å². The number of amides is 1. The molecule has 3 rings (SSSR count). The molecule has 0 aliphatic carbocycles. The second-order valence-corrected chi connectivity index (χ2v) is 6.23. The van der Waals surface area contributed by atoms with E-state index in [4.69, 9.17) is 5.73 Å². The first kappa shape index (κ1) is 28.8. The summed E-state index contributed by atoms with van der Waals surface area (Å²) in [5, 5.41) is 0. The third kappa shape index (κ3) is 8.24. The summed E-state index contributed by atoms with van der Waals surface area (Å²) in [6.45, 7) is 21.9. The number of carbonyl (C=O) groups is 1. The molecule has 0 unspecified atom stereocenters. The third-order valence-electron chi connectivity index (χ3n) is 3.15. The Morgan fingerprint density at radius 2 is 1.72 bits per heavy atom. The number of rotatable bonds is 3. The van der Waals surface area contributed by atoms with Crippen LogP contribution in [0.2, 0.25) is 0 Å². The Balaban J connectivity index is 0. The molecule has 0 fully saturated rings. The number of hydrogen-bond acceptors (Lipinski definition) is 3. The number of hydrogen-bond donors (Lipinski definition) is 1. The van der Waals surface area contributed by atoms with Crippen molar-refractivity contribution in [2.24, 2.45) is 5.73 Å². The lowest BCUT2D eigenvalue weighted by atomic mass is 10.2. The summed E-state index contributed by atoms with van der Waals surface area (Å²) < 4.78 is 3.03. The summed E-state index contributed by atoms with van der Waals surface area (Å²) in [6, 6.07) is 5.45. The number of carbonyl (C=O) groups excluding carboxylic acids is 1. The zero-order chi connectivity index (χ0) is 23.0. The average Bonchev–Trinajstić information content (AvgIpc) is 3.31. The number of nitrogens with zero attached hydrogens (tertiary/aromatic N) is 2. The largest absolute Gasteiger partial charge is 0.366 e. The molecule has 1 aromatic carbocycles. The van der Waals surface area contributed by atoms with Gasteiger partial charge in [-0.25, -0.2) is 4.98 Å². The van der Waals surface area contributed by atoms with Crippen LogP contribution in [0.3, 0.4) is 0 Å². The lowest BCUT2D eigenvalue weighted by molar-refractivity contribution is 0.100. The summed E-state index contributed by atoms with van der Waals surface area (Å²) >= 11 is 1.54. The number of allylic oxidation sites excluding steroid dienone is 3. The highest BCUT2D eigenvalue weighted by atomic mass is 32.1. The zero-order valence-electron chi connectivity index (χ0n) is 19.7. The molecule has 0 aliphatic heterocycles. The maximum absolute atomic E-state index is 11.2. The molecule has 0 saturated heterocycles. The van der Waals surface area contributed by atoms with E-state index in [2.05, 4.69) is 25.4 Å². The summed E-state index contributed by atoms with van der Waals surface area (Å²) in [6.07, 6.45) is 6.92. The number of aromatic nitrogens is 2. The monoisotopic (exact) mass is 417 g/mol. The molecular formula is C24H39N3OS. The van der Waals surface area contributed by atoms with E-state index in [-0.39, 0.29) is 0 Å². The maximum atomic E-state index is 11.2. The second-order valence-electron chi connectivity index (χ2n) is 5.22. The van der Waals surface area contributed by atoms with Crippen LogP contribution in [-0.4, -0.2) is 15.3 Å². The van der Waals surface area contributed by atoms with Gasteiger partial charge in [0, 0.05) is 11.8 Å². The van der Waals surface area contributed by atoms with Gasteiger partial charge in [-0.3, -0.25) is 9.20 Å². The van der Waals surface area contributed by atoms with Gasteiger partial charge in [0.15, 0.2) is 4.96 Å². The van der Waals surface area contributed by atoms with E-state index in [1.54, 1.807) is 23.5 Å². The molecular weight excluding hydrogens is 378 g/mol. The van der Waals surface area contributed by atoms with Gasteiger partial charge >= 0.3 is 0 Å². The van der Waals surface area contributed by atoms with Gasteiger partial charge in [0.2, 0.25) is 5.91 Å². The Hall–Kier alpha value is -2.40. The van der Waals surface area contributed by atoms with Crippen molar-refractivity contribution < 1.29 is 4.79 Å². The number of imidazole rings is 1. The van der Waals surface area contributed by atoms with Crippen molar-refractivity contribution in [3.8, 4) is 0 Å². The SMILES string of the molecule is C=C/C=C(\C)c1cn2c(n1)sc1cc(C(N)=O)ccc12.CC.CC.CC.CCC. The highest BCUT2D eigenvalue weighted by Crippen LogP contribution is 2.28. The van der Waals surface area contributed by atoms with Crippen molar-refractivity contribution >= 4 is 38.0 Å². The Morgan fingerprint density at radius 1 is 1.17 bits per heavy atom. The van der Waals surface area contributed by atoms with Gasteiger partial charge in [-0.15, -0.1) is 0 Å². The minimum atomic E-state index is -0.414. The lowest BCUT2D eigenvalue weighted by Crippen LogP contribution is -2.10. The Labute approximate surface area is 181 Å². The fourth-order valence-corrected chi connectivity index (χ4v) is 3.15. The van der Waals surface area contributed by atoms with Gasteiger partial charge in [0.25, 0.3) is 0 Å². The quantitative estimate of drug-likeness (QED) is 0.443. The number of fused-ring (bicyclic) bond motifs is 3. The van der Waals surface area contributed by atoms with E-state index >= 15 is 0 Å². The Bertz CT molecular complexity index is 888. The van der Waals surface area contributed by atoms with Gasteiger partial charge in [-0.1, -0.05) is 91.9 Å². The van der Waals surface area contributed by atoms with Gasteiger partial charge in [-0.05, 0) is 30.7 Å². The van der Waals surface area contributed by atoms with E-state index in [1.165, 1.54) is 6.42 Å². The molecule has 5 heteroatoms. The number of nitrogens with two attached hydrogens (primary N) is 1. The highest BCUT2D eigenvalue weighted by molar-refractivity contribution is 7.23. The van der Waals surface area contributed by atoms with Crippen molar-refractivity contribution in [1.29, 1.82) is 0 Å². The predicted octanol–water partition coefficient (Wildman–Crippen LogP) is 7.73. The van der Waals surface area contributed by atoms with Crippen LogP contribution >= 0.6 is 11.3 Å². The summed E-state index contributed by atoms with van der Waals surface area (Å²) in [4.78, 5) is 16.7. The molecule has 0 bridgehead atoms. The Morgan fingerprint density at radius 3 is 2.21 bits per heavy atom. The van der Waals surface area contributed by atoms with Gasteiger partial charge in [0.1, 0.15) is 0 Å². The van der Waals surface area contributed by atoms with Crippen molar-refractivity contribution in [1.82, 2.24) is 9.38 Å². The van der Waals surface area contributed by atoms with E-state index in [1.807, 2.05) is 77.3 Å². The molecule has 0 atom stereocenters. The van der Waals surface area contributed by atoms with Crippen LogP contribution in [0.4, 0.5) is 0 Å². The smallest absolute Gasteiger partial charge is 0.248 e. The standard InChI is InChI=1S/C15H13N3OS.C3H8.3C2H6/c1-3-4-9(2)11-8-18-12-6-5-10(14(16)19)7-13(12)20-15(18)17-11;1-3-2;3*1-2/h3-8H,1H2,2H3,(H2,16,19);3H2,1-2H3;3*1-2H3/b9-4+;;;;. The fourth-order valence-electron chi connectivity index (χ4n) is 2.11. The first-order valence-electron chi connectivity index (χ1n) is 10.5. The van der Waals surface area contributed by atoms with Crippen LogP contribution in [0.5, 0.6) is 0 Å². The first-order chi connectivity index (χ1) is 14.0.